The summed E-state index contributed by atoms with van der Waals surface area (Å²) in [4.78, 5) is 0. The van der Waals surface area contributed by atoms with Crippen LogP contribution in [-0.4, -0.2) is 34.6 Å². The summed E-state index contributed by atoms with van der Waals surface area (Å²) >= 11 is 0. The van der Waals surface area contributed by atoms with Gasteiger partial charge < -0.3 is 14.9 Å². The van der Waals surface area contributed by atoms with Crippen molar-refractivity contribution < 1.29 is 14.9 Å². The Morgan fingerprint density at radius 1 is 1.43 bits per heavy atom. The molecule has 3 nitrogen and oxygen atoms in total. The lowest BCUT2D eigenvalue weighted by atomic mass is 9.77. The molecule has 14 heavy (non-hydrogen) atoms. The predicted octanol–water partition coefficient (Wildman–Crippen LogP) is 0.933. The van der Waals surface area contributed by atoms with Crippen molar-refractivity contribution in [2.45, 2.75) is 50.9 Å². The Morgan fingerprint density at radius 3 is 2.57 bits per heavy atom. The minimum atomic E-state index is -0.604. The summed E-state index contributed by atoms with van der Waals surface area (Å²) < 4.78 is 5.42. The highest BCUT2D eigenvalue weighted by molar-refractivity contribution is 4.98. The molecule has 0 radical (unpaired) electrons. The third-order valence-corrected chi connectivity index (χ3v) is 3.98. The number of rotatable bonds is 1. The summed E-state index contributed by atoms with van der Waals surface area (Å²) in [6.07, 6.45) is 2.63. The van der Waals surface area contributed by atoms with Crippen LogP contribution in [0.2, 0.25) is 0 Å². The molecule has 2 N–H and O–H groups in total. The lowest BCUT2D eigenvalue weighted by Crippen LogP contribution is -2.41. The molecular weight excluding hydrogens is 180 g/mol. The fraction of sp³-hybridized carbons (Fsp3) is 1.00. The first kappa shape index (κ1) is 10.4. The van der Waals surface area contributed by atoms with Gasteiger partial charge in [-0.25, -0.2) is 0 Å². The molecule has 1 aliphatic carbocycles. The van der Waals surface area contributed by atoms with Crippen LogP contribution in [0.5, 0.6) is 0 Å². The Hall–Kier alpha value is -0.120. The van der Waals surface area contributed by atoms with E-state index >= 15 is 0 Å². The van der Waals surface area contributed by atoms with Crippen LogP contribution in [0.3, 0.4) is 0 Å². The monoisotopic (exact) mass is 200 g/mol. The first-order valence-electron chi connectivity index (χ1n) is 5.54. The van der Waals surface area contributed by atoms with Crippen LogP contribution in [0.1, 0.15) is 33.1 Å². The molecule has 0 spiro atoms. The molecule has 1 heterocycles. The minimum absolute atomic E-state index is 0.0829. The lowest BCUT2D eigenvalue weighted by molar-refractivity contribution is -0.0363. The molecule has 0 amide bonds. The van der Waals surface area contributed by atoms with Crippen LogP contribution >= 0.6 is 0 Å². The van der Waals surface area contributed by atoms with E-state index in [1.165, 1.54) is 0 Å². The Balaban J connectivity index is 2.13. The van der Waals surface area contributed by atoms with Gasteiger partial charge in [-0.15, -0.1) is 0 Å². The normalized spacial score (nSPS) is 54.0. The third kappa shape index (κ3) is 1.58. The average Bonchev–Trinajstić information content (AvgIpc) is 2.57. The highest BCUT2D eigenvalue weighted by atomic mass is 16.5. The van der Waals surface area contributed by atoms with Crippen molar-refractivity contribution in [3.8, 4) is 0 Å². The standard InChI is InChI=1S/C11H20O3/c1-7-10(9(12)6-14-7)8-4-3-5-11(8,2)13/h7-10,12-13H,3-6H2,1-2H3. The van der Waals surface area contributed by atoms with Crippen LogP contribution in [-0.2, 0) is 4.74 Å². The number of aliphatic hydroxyl groups excluding tert-OH is 1. The summed E-state index contributed by atoms with van der Waals surface area (Å²) in [5.41, 5.74) is -0.604. The van der Waals surface area contributed by atoms with E-state index in [-0.39, 0.29) is 24.0 Å². The van der Waals surface area contributed by atoms with Gasteiger partial charge in [-0.2, -0.15) is 0 Å². The van der Waals surface area contributed by atoms with Crippen molar-refractivity contribution in [2.75, 3.05) is 6.61 Å². The first-order valence-corrected chi connectivity index (χ1v) is 5.54. The molecule has 0 aromatic rings. The van der Waals surface area contributed by atoms with E-state index in [2.05, 4.69) is 0 Å². The second-order valence-corrected chi connectivity index (χ2v) is 5.04. The molecule has 82 valence electrons. The maximum absolute atomic E-state index is 10.2. The van der Waals surface area contributed by atoms with E-state index in [1.807, 2.05) is 13.8 Å². The highest BCUT2D eigenvalue weighted by Crippen LogP contribution is 2.44. The zero-order valence-electron chi connectivity index (χ0n) is 8.94. The molecule has 5 unspecified atom stereocenters. The maximum Gasteiger partial charge on any atom is 0.0830 e. The van der Waals surface area contributed by atoms with E-state index in [4.69, 9.17) is 4.74 Å². The van der Waals surface area contributed by atoms with Gasteiger partial charge in [0.25, 0.3) is 0 Å². The summed E-state index contributed by atoms with van der Waals surface area (Å²) in [6, 6.07) is 0. The molecule has 0 aromatic heterocycles. The number of hydrogen-bond acceptors (Lipinski definition) is 3. The van der Waals surface area contributed by atoms with Crippen molar-refractivity contribution in [2.24, 2.45) is 11.8 Å². The largest absolute Gasteiger partial charge is 0.390 e. The SMILES string of the molecule is CC1OCC(O)C1C1CCCC1(C)O. The summed E-state index contributed by atoms with van der Waals surface area (Å²) in [5.74, 6) is 0.322. The van der Waals surface area contributed by atoms with E-state index < -0.39 is 5.60 Å². The Bertz CT molecular complexity index is 205. The maximum atomic E-state index is 10.2. The molecule has 1 saturated heterocycles. The van der Waals surface area contributed by atoms with Gasteiger partial charge in [0.15, 0.2) is 0 Å². The zero-order chi connectivity index (χ0) is 10.3. The topological polar surface area (TPSA) is 49.7 Å². The molecule has 5 atom stereocenters. The quantitative estimate of drug-likeness (QED) is 0.662. The van der Waals surface area contributed by atoms with Crippen molar-refractivity contribution in [1.82, 2.24) is 0 Å². The second kappa shape index (κ2) is 3.47. The molecule has 0 bridgehead atoms. The summed E-state index contributed by atoms with van der Waals surface area (Å²) in [6.45, 7) is 4.32. The molecule has 2 aliphatic rings. The van der Waals surface area contributed by atoms with Crippen LogP contribution < -0.4 is 0 Å². The van der Waals surface area contributed by atoms with Gasteiger partial charge in [0.1, 0.15) is 0 Å². The number of hydrogen-bond donors (Lipinski definition) is 2. The van der Waals surface area contributed by atoms with Gasteiger partial charge in [0.2, 0.25) is 0 Å². The minimum Gasteiger partial charge on any atom is -0.390 e. The second-order valence-electron chi connectivity index (χ2n) is 5.04. The van der Waals surface area contributed by atoms with E-state index in [0.717, 1.165) is 19.3 Å². The third-order valence-electron chi connectivity index (χ3n) is 3.98. The number of ether oxygens (including phenoxy) is 1. The molecule has 1 aliphatic heterocycles. The van der Waals surface area contributed by atoms with Crippen molar-refractivity contribution in [1.29, 1.82) is 0 Å². The fourth-order valence-corrected chi connectivity index (χ4v) is 3.16. The van der Waals surface area contributed by atoms with Crippen LogP contribution in [0.15, 0.2) is 0 Å². The first-order chi connectivity index (χ1) is 6.52. The molecular formula is C11H20O3. The Morgan fingerprint density at radius 2 is 2.14 bits per heavy atom. The van der Waals surface area contributed by atoms with Crippen LogP contribution in [0.4, 0.5) is 0 Å². The zero-order valence-corrected chi connectivity index (χ0v) is 8.94. The average molecular weight is 200 g/mol. The number of aliphatic hydroxyl groups is 2. The summed E-state index contributed by atoms with van der Waals surface area (Å²) in [7, 11) is 0. The molecule has 1 saturated carbocycles. The van der Waals surface area contributed by atoms with Gasteiger partial charge in [0, 0.05) is 5.92 Å². The highest BCUT2D eigenvalue weighted by Gasteiger charge is 2.48. The van der Waals surface area contributed by atoms with Gasteiger partial charge >= 0.3 is 0 Å². The van der Waals surface area contributed by atoms with Gasteiger partial charge in [-0.05, 0) is 32.6 Å². The predicted molar refractivity (Wildman–Crippen MR) is 52.9 cm³/mol. The van der Waals surface area contributed by atoms with Gasteiger partial charge in [-0.3, -0.25) is 0 Å². The van der Waals surface area contributed by atoms with E-state index in [9.17, 15) is 10.2 Å². The van der Waals surface area contributed by atoms with Crippen LogP contribution in [0.25, 0.3) is 0 Å². The van der Waals surface area contributed by atoms with Gasteiger partial charge in [0.05, 0.1) is 24.4 Å². The Kier molecular flexibility index (Phi) is 2.58. The van der Waals surface area contributed by atoms with Crippen molar-refractivity contribution in [3.63, 3.8) is 0 Å². The fourth-order valence-electron chi connectivity index (χ4n) is 3.16. The van der Waals surface area contributed by atoms with Crippen molar-refractivity contribution in [3.05, 3.63) is 0 Å². The molecule has 3 heteroatoms. The molecule has 0 aromatic carbocycles. The van der Waals surface area contributed by atoms with E-state index in [0.29, 0.717) is 6.61 Å². The smallest absolute Gasteiger partial charge is 0.0830 e. The Labute approximate surface area is 85.1 Å². The molecule has 2 rings (SSSR count). The molecule has 2 fully saturated rings. The van der Waals surface area contributed by atoms with Gasteiger partial charge in [-0.1, -0.05) is 6.42 Å². The van der Waals surface area contributed by atoms with E-state index in [1.54, 1.807) is 0 Å². The van der Waals surface area contributed by atoms with Crippen LogP contribution in [0, 0.1) is 11.8 Å². The van der Waals surface area contributed by atoms with Crippen molar-refractivity contribution >= 4 is 0 Å². The lowest BCUT2D eigenvalue weighted by Gasteiger charge is -2.33. The summed E-state index contributed by atoms with van der Waals surface area (Å²) in [5, 5.41) is 20.0.